The number of carbonyl (C=O) groups is 3. The third-order valence-corrected chi connectivity index (χ3v) is 5.46. The van der Waals surface area contributed by atoms with Gasteiger partial charge in [0.2, 0.25) is 5.91 Å². The molecule has 1 aliphatic heterocycles. The minimum absolute atomic E-state index is 0.0286. The molecule has 1 saturated heterocycles. The fourth-order valence-electron chi connectivity index (χ4n) is 3.92. The van der Waals surface area contributed by atoms with Crippen molar-refractivity contribution in [2.45, 2.75) is 50.7 Å². The first-order chi connectivity index (χ1) is 9.97. The van der Waals surface area contributed by atoms with Crippen molar-refractivity contribution in [3.05, 3.63) is 0 Å². The molecule has 6 heteroatoms. The molecule has 116 valence electrons. The minimum atomic E-state index is -0.962. The van der Waals surface area contributed by atoms with Crippen LogP contribution in [0.2, 0.25) is 0 Å². The number of nitrogens with zero attached hydrogens (tertiary/aromatic N) is 1. The molecule has 2 saturated carbocycles. The van der Waals surface area contributed by atoms with E-state index in [1.807, 2.05) is 0 Å². The zero-order valence-electron chi connectivity index (χ0n) is 12.2. The molecule has 0 radical (unpaired) electrons. The van der Waals surface area contributed by atoms with Crippen LogP contribution in [0.5, 0.6) is 0 Å². The Labute approximate surface area is 123 Å². The molecule has 3 aliphatic rings. The lowest BCUT2D eigenvalue weighted by Crippen LogP contribution is -2.42. The predicted molar refractivity (Wildman–Crippen MR) is 72.6 cm³/mol. The monoisotopic (exact) mass is 295 g/mol. The standard InChI is InChI=1S/C15H21NO5/c1-21-10-6-12(14(19)20)16(8-10)13(18)11-7-15(11)4-2-9(17)3-5-15/h10-12H,2-8H2,1H3,(H,19,20)/t10-,11?,12-/m0/s1. The summed E-state index contributed by atoms with van der Waals surface area (Å²) in [5, 5.41) is 9.29. The Morgan fingerprint density at radius 1 is 1.33 bits per heavy atom. The summed E-state index contributed by atoms with van der Waals surface area (Å²) >= 11 is 0. The van der Waals surface area contributed by atoms with Crippen LogP contribution in [0.3, 0.4) is 0 Å². The Bertz CT molecular complexity index is 478. The highest BCUT2D eigenvalue weighted by Crippen LogP contribution is 2.61. The third-order valence-electron chi connectivity index (χ3n) is 5.46. The summed E-state index contributed by atoms with van der Waals surface area (Å²) in [4.78, 5) is 36.8. The Kier molecular flexibility index (Phi) is 3.51. The second kappa shape index (κ2) is 5.09. The van der Waals surface area contributed by atoms with E-state index in [0.29, 0.717) is 25.8 Å². The Balaban J connectivity index is 1.68. The zero-order chi connectivity index (χ0) is 15.2. The number of aliphatic carboxylic acids is 1. The maximum absolute atomic E-state index is 12.7. The number of carbonyl (C=O) groups excluding carboxylic acids is 2. The Morgan fingerprint density at radius 2 is 2.00 bits per heavy atom. The molecular formula is C15H21NO5. The van der Waals surface area contributed by atoms with Crippen LogP contribution in [-0.2, 0) is 19.1 Å². The van der Waals surface area contributed by atoms with Crippen LogP contribution < -0.4 is 0 Å². The number of Topliss-reactive ketones (excluding diaryl/α,β-unsaturated/α-hetero) is 1. The van der Waals surface area contributed by atoms with Crippen LogP contribution in [0.4, 0.5) is 0 Å². The minimum Gasteiger partial charge on any atom is -0.480 e. The maximum atomic E-state index is 12.7. The van der Waals surface area contributed by atoms with Crippen LogP contribution in [0.15, 0.2) is 0 Å². The first-order valence-corrected chi connectivity index (χ1v) is 7.54. The van der Waals surface area contributed by atoms with E-state index in [0.717, 1.165) is 19.3 Å². The van der Waals surface area contributed by atoms with Crippen molar-refractivity contribution in [1.29, 1.82) is 0 Å². The van der Waals surface area contributed by atoms with Crippen molar-refractivity contribution >= 4 is 17.7 Å². The van der Waals surface area contributed by atoms with Gasteiger partial charge in [-0.25, -0.2) is 4.79 Å². The summed E-state index contributed by atoms with van der Waals surface area (Å²) in [5.74, 6) is -0.835. The molecule has 1 N–H and O–H groups in total. The second-order valence-electron chi connectivity index (χ2n) is 6.60. The number of carboxylic acids is 1. The quantitative estimate of drug-likeness (QED) is 0.834. The molecule has 0 aromatic heterocycles. The van der Waals surface area contributed by atoms with Crippen LogP contribution in [0.1, 0.15) is 38.5 Å². The molecule has 0 bridgehead atoms. The van der Waals surface area contributed by atoms with Gasteiger partial charge in [-0.1, -0.05) is 0 Å². The largest absolute Gasteiger partial charge is 0.480 e. The number of carboxylic acid groups (broad SMARTS) is 1. The number of rotatable bonds is 3. The number of amides is 1. The van der Waals surface area contributed by atoms with E-state index in [1.165, 1.54) is 4.90 Å². The van der Waals surface area contributed by atoms with Gasteiger partial charge < -0.3 is 14.7 Å². The van der Waals surface area contributed by atoms with Gasteiger partial charge in [0.1, 0.15) is 11.8 Å². The average molecular weight is 295 g/mol. The lowest BCUT2D eigenvalue weighted by Gasteiger charge is -2.25. The van der Waals surface area contributed by atoms with Crippen molar-refractivity contribution < 1.29 is 24.2 Å². The van der Waals surface area contributed by atoms with Crippen LogP contribution in [0.25, 0.3) is 0 Å². The fourth-order valence-corrected chi connectivity index (χ4v) is 3.92. The number of likely N-dealkylation sites (tertiary alicyclic amines) is 1. The first-order valence-electron chi connectivity index (χ1n) is 7.54. The van der Waals surface area contributed by atoms with Crippen molar-refractivity contribution in [2.24, 2.45) is 11.3 Å². The van der Waals surface area contributed by atoms with Gasteiger partial charge in [-0.15, -0.1) is 0 Å². The third kappa shape index (κ3) is 2.46. The molecule has 3 fully saturated rings. The first kappa shape index (κ1) is 14.5. The van der Waals surface area contributed by atoms with E-state index in [1.54, 1.807) is 7.11 Å². The number of hydrogen-bond donors (Lipinski definition) is 1. The number of ether oxygens (including phenoxy) is 1. The summed E-state index contributed by atoms with van der Waals surface area (Å²) < 4.78 is 5.22. The van der Waals surface area contributed by atoms with Gasteiger partial charge in [0.15, 0.2) is 0 Å². The predicted octanol–water partition coefficient (Wildman–Crippen LogP) is 0.836. The van der Waals surface area contributed by atoms with Crippen molar-refractivity contribution in [3.63, 3.8) is 0 Å². The van der Waals surface area contributed by atoms with E-state index < -0.39 is 12.0 Å². The Morgan fingerprint density at radius 3 is 2.57 bits per heavy atom. The van der Waals surface area contributed by atoms with E-state index in [2.05, 4.69) is 0 Å². The molecule has 2 aliphatic carbocycles. The van der Waals surface area contributed by atoms with Gasteiger partial charge in [0.25, 0.3) is 0 Å². The van der Waals surface area contributed by atoms with Crippen molar-refractivity contribution in [2.75, 3.05) is 13.7 Å². The maximum Gasteiger partial charge on any atom is 0.326 e. The zero-order valence-corrected chi connectivity index (χ0v) is 12.2. The molecule has 1 amide bonds. The van der Waals surface area contributed by atoms with Crippen LogP contribution in [-0.4, -0.2) is 53.5 Å². The van der Waals surface area contributed by atoms with Gasteiger partial charge in [-0.2, -0.15) is 0 Å². The molecule has 3 atom stereocenters. The highest BCUT2D eigenvalue weighted by molar-refractivity contribution is 5.89. The topological polar surface area (TPSA) is 83.9 Å². The highest BCUT2D eigenvalue weighted by Gasteiger charge is 2.60. The highest BCUT2D eigenvalue weighted by atomic mass is 16.5. The van der Waals surface area contributed by atoms with Gasteiger partial charge in [-0.3, -0.25) is 9.59 Å². The summed E-state index contributed by atoms with van der Waals surface area (Å²) in [7, 11) is 1.54. The molecule has 0 aromatic rings. The summed E-state index contributed by atoms with van der Waals surface area (Å²) in [6.45, 7) is 0.359. The molecule has 21 heavy (non-hydrogen) atoms. The average Bonchev–Trinajstić information content (AvgIpc) is 2.97. The number of ketones is 1. The summed E-state index contributed by atoms with van der Waals surface area (Å²) in [6.07, 6.45) is 3.65. The molecule has 3 rings (SSSR count). The SMILES string of the molecule is CO[C@H]1C[C@@H](C(=O)O)N(C(=O)C2CC23CCC(=O)CC3)C1. The molecule has 6 nitrogen and oxygen atoms in total. The number of methoxy groups -OCH3 is 1. The van der Waals surface area contributed by atoms with Gasteiger partial charge >= 0.3 is 5.97 Å². The van der Waals surface area contributed by atoms with E-state index in [9.17, 15) is 19.5 Å². The van der Waals surface area contributed by atoms with Gasteiger partial charge in [0, 0.05) is 38.8 Å². The van der Waals surface area contributed by atoms with Crippen LogP contribution in [0, 0.1) is 11.3 Å². The molecular weight excluding hydrogens is 274 g/mol. The molecule has 1 spiro atoms. The molecule has 1 unspecified atom stereocenters. The van der Waals surface area contributed by atoms with Crippen molar-refractivity contribution in [1.82, 2.24) is 4.90 Å². The lowest BCUT2D eigenvalue weighted by atomic mass is 9.83. The van der Waals surface area contributed by atoms with E-state index >= 15 is 0 Å². The Hall–Kier alpha value is -1.43. The van der Waals surface area contributed by atoms with Gasteiger partial charge in [-0.05, 0) is 24.7 Å². The summed E-state index contributed by atoms with van der Waals surface area (Å²) in [6, 6.07) is -0.773. The smallest absolute Gasteiger partial charge is 0.326 e. The molecule has 1 heterocycles. The van der Waals surface area contributed by atoms with E-state index in [4.69, 9.17) is 4.74 Å². The van der Waals surface area contributed by atoms with E-state index in [-0.39, 0.29) is 29.1 Å². The molecule has 0 aromatic carbocycles. The second-order valence-corrected chi connectivity index (χ2v) is 6.60. The fraction of sp³-hybridized carbons (Fsp3) is 0.800. The number of hydrogen-bond acceptors (Lipinski definition) is 4. The van der Waals surface area contributed by atoms with Crippen molar-refractivity contribution in [3.8, 4) is 0 Å². The normalized spacial score (nSPS) is 34.2. The summed E-state index contributed by atoms with van der Waals surface area (Å²) in [5.41, 5.74) is -0.0286. The van der Waals surface area contributed by atoms with Gasteiger partial charge in [0.05, 0.1) is 6.10 Å². The lowest BCUT2D eigenvalue weighted by molar-refractivity contribution is -0.149. The van der Waals surface area contributed by atoms with Crippen LogP contribution >= 0.6 is 0 Å².